The fourth-order valence-corrected chi connectivity index (χ4v) is 2.42. The molecule has 5 heteroatoms. The number of urea groups is 1. The van der Waals surface area contributed by atoms with Crippen LogP contribution in [-0.4, -0.2) is 53.5 Å². The highest BCUT2D eigenvalue weighted by Crippen LogP contribution is 2.08. The molecule has 2 amide bonds. The van der Waals surface area contributed by atoms with E-state index < -0.39 is 0 Å². The van der Waals surface area contributed by atoms with Gasteiger partial charge in [0.1, 0.15) is 0 Å². The van der Waals surface area contributed by atoms with Gasteiger partial charge in [0.05, 0.1) is 11.9 Å². The number of hydrogen-bond donors (Lipinski definition) is 1. The quantitative estimate of drug-likeness (QED) is 0.918. The number of carbonyl (C=O) groups excluding carboxylic acids is 1. The molecule has 1 aliphatic rings. The van der Waals surface area contributed by atoms with Crippen LogP contribution < -0.4 is 5.32 Å². The van der Waals surface area contributed by atoms with E-state index in [-0.39, 0.29) is 6.03 Å². The van der Waals surface area contributed by atoms with Gasteiger partial charge in [-0.05, 0) is 38.1 Å². The summed E-state index contributed by atoms with van der Waals surface area (Å²) in [5.41, 5.74) is 0.754. The van der Waals surface area contributed by atoms with Crippen molar-refractivity contribution in [2.75, 3.05) is 38.0 Å². The Balaban J connectivity index is 1.82. The predicted molar refractivity (Wildman–Crippen MR) is 80.8 cm³/mol. The number of anilines is 1. The zero-order chi connectivity index (χ0) is 14.2. The second-order valence-corrected chi connectivity index (χ2v) is 5.21. The van der Waals surface area contributed by atoms with Crippen molar-refractivity contribution in [3.8, 4) is 0 Å². The molecule has 0 aliphatic carbocycles. The first-order chi connectivity index (χ1) is 9.79. The molecule has 1 aliphatic heterocycles. The number of hydrogen-bond acceptors (Lipinski definition) is 3. The SMILES string of the molecule is CCCCN1CCCN(C(=O)Nc2cccnc2)CC1. The topological polar surface area (TPSA) is 48.5 Å². The molecule has 1 aromatic heterocycles. The van der Waals surface area contributed by atoms with Gasteiger partial charge in [-0.15, -0.1) is 0 Å². The van der Waals surface area contributed by atoms with E-state index in [2.05, 4.69) is 22.1 Å². The molecule has 0 spiro atoms. The molecule has 110 valence electrons. The number of unbranched alkanes of at least 4 members (excludes halogenated alkanes) is 1. The summed E-state index contributed by atoms with van der Waals surface area (Å²) in [6, 6.07) is 3.66. The first-order valence-electron chi connectivity index (χ1n) is 7.48. The van der Waals surface area contributed by atoms with Gasteiger partial charge in [-0.3, -0.25) is 4.98 Å². The number of rotatable bonds is 4. The zero-order valence-corrected chi connectivity index (χ0v) is 12.2. The Morgan fingerprint density at radius 1 is 1.35 bits per heavy atom. The molecule has 0 saturated carbocycles. The molecular formula is C15H24N4O. The monoisotopic (exact) mass is 276 g/mol. The summed E-state index contributed by atoms with van der Waals surface area (Å²) < 4.78 is 0. The molecule has 0 radical (unpaired) electrons. The van der Waals surface area contributed by atoms with E-state index in [1.54, 1.807) is 12.4 Å². The molecule has 1 saturated heterocycles. The van der Waals surface area contributed by atoms with E-state index in [1.807, 2.05) is 17.0 Å². The van der Waals surface area contributed by atoms with Crippen molar-refractivity contribution in [1.82, 2.24) is 14.8 Å². The largest absolute Gasteiger partial charge is 0.323 e. The average Bonchev–Trinajstić information content (AvgIpc) is 2.72. The third-order valence-electron chi connectivity index (χ3n) is 3.62. The minimum Gasteiger partial charge on any atom is -0.323 e. The first kappa shape index (κ1) is 14.8. The van der Waals surface area contributed by atoms with E-state index in [1.165, 1.54) is 12.8 Å². The van der Waals surface area contributed by atoms with E-state index in [4.69, 9.17) is 0 Å². The van der Waals surface area contributed by atoms with Gasteiger partial charge in [-0.25, -0.2) is 4.79 Å². The molecule has 1 N–H and O–H groups in total. The normalized spacial score (nSPS) is 16.8. The third kappa shape index (κ3) is 4.49. The van der Waals surface area contributed by atoms with Crippen LogP contribution in [0.3, 0.4) is 0 Å². The molecule has 2 rings (SSSR count). The summed E-state index contributed by atoms with van der Waals surface area (Å²) in [6.45, 7) is 7.06. The van der Waals surface area contributed by atoms with Crippen LogP contribution in [0.1, 0.15) is 26.2 Å². The van der Waals surface area contributed by atoms with Crippen molar-refractivity contribution in [3.63, 3.8) is 0 Å². The highest BCUT2D eigenvalue weighted by Gasteiger charge is 2.18. The summed E-state index contributed by atoms with van der Waals surface area (Å²) in [5, 5.41) is 2.90. The van der Waals surface area contributed by atoms with Gasteiger partial charge in [0, 0.05) is 25.8 Å². The van der Waals surface area contributed by atoms with Gasteiger partial charge >= 0.3 is 6.03 Å². The molecule has 0 atom stereocenters. The molecular weight excluding hydrogens is 252 g/mol. The fraction of sp³-hybridized carbons (Fsp3) is 0.600. The number of amides is 2. The lowest BCUT2D eigenvalue weighted by molar-refractivity contribution is 0.211. The van der Waals surface area contributed by atoms with Crippen LogP contribution in [-0.2, 0) is 0 Å². The lowest BCUT2D eigenvalue weighted by Crippen LogP contribution is -2.38. The third-order valence-corrected chi connectivity index (χ3v) is 3.62. The maximum Gasteiger partial charge on any atom is 0.321 e. The lowest BCUT2D eigenvalue weighted by Gasteiger charge is -2.22. The number of pyridine rings is 1. The van der Waals surface area contributed by atoms with Crippen molar-refractivity contribution in [3.05, 3.63) is 24.5 Å². The molecule has 1 fully saturated rings. The van der Waals surface area contributed by atoms with E-state index >= 15 is 0 Å². The summed E-state index contributed by atoms with van der Waals surface area (Å²) in [7, 11) is 0. The van der Waals surface area contributed by atoms with E-state index in [0.717, 1.165) is 44.8 Å². The van der Waals surface area contributed by atoms with Crippen LogP contribution in [0.25, 0.3) is 0 Å². The van der Waals surface area contributed by atoms with Crippen molar-refractivity contribution in [2.24, 2.45) is 0 Å². The molecule has 2 heterocycles. The average molecular weight is 276 g/mol. The van der Waals surface area contributed by atoms with Crippen molar-refractivity contribution in [2.45, 2.75) is 26.2 Å². The minimum atomic E-state index is -0.0182. The summed E-state index contributed by atoms with van der Waals surface area (Å²) in [4.78, 5) is 20.6. The van der Waals surface area contributed by atoms with Gasteiger partial charge in [0.2, 0.25) is 0 Å². The van der Waals surface area contributed by atoms with E-state index in [0.29, 0.717) is 0 Å². The Labute approximate surface area is 121 Å². The summed E-state index contributed by atoms with van der Waals surface area (Å²) in [6.07, 6.45) is 6.88. The fourth-order valence-electron chi connectivity index (χ4n) is 2.42. The van der Waals surface area contributed by atoms with Crippen LogP contribution in [0.4, 0.5) is 10.5 Å². The molecule has 1 aromatic rings. The van der Waals surface area contributed by atoms with E-state index in [9.17, 15) is 4.79 Å². The maximum atomic E-state index is 12.2. The second-order valence-electron chi connectivity index (χ2n) is 5.21. The molecule has 0 unspecified atom stereocenters. The lowest BCUT2D eigenvalue weighted by atomic mass is 10.3. The number of carbonyl (C=O) groups is 1. The highest BCUT2D eigenvalue weighted by molar-refractivity contribution is 5.89. The number of nitrogens with one attached hydrogen (secondary N) is 1. The summed E-state index contributed by atoms with van der Waals surface area (Å²) in [5.74, 6) is 0. The van der Waals surface area contributed by atoms with Crippen LogP contribution >= 0.6 is 0 Å². The Kier molecular flexibility index (Phi) is 5.80. The van der Waals surface area contributed by atoms with Gasteiger partial charge < -0.3 is 15.1 Å². The molecule has 20 heavy (non-hydrogen) atoms. The van der Waals surface area contributed by atoms with Crippen molar-refractivity contribution >= 4 is 11.7 Å². The molecule has 0 bridgehead atoms. The minimum absolute atomic E-state index is 0.0182. The van der Waals surface area contributed by atoms with Gasteiger partial charge in [0.15, 0.2) is 0 Å². The van der Waals surface area contributed by atoms with Crippen LogP contribution in [0.15, 0.2) is 24.5 Å². The molecule has 5 nitrogen and oxygen atoms in total. The Hall–Kier alpha value is -1.62. The van der Waals surface area contributed by atoms with Crippen LogP contribution in [0.2, 0.25) is 0 Å². The van der Waals surface area contributed by atoms with Crippen molar-refractivity contribution in [1.29, 1.82) is 0 Å². The summed E-state index contributed by atoms with van der Waals surface area (Å²) >= 11 is 0. The van der Waals surface area contributed by atoms with Gasteiger partial charge in [-0.1, -0.05) is 13.3 Å². The second kappa shape index (κ2) is 7.85. The Morgan fingerprint density at radius 3 is 3.00 bits per heavy atom. The smallest absolute Gasteiger partial charge is 0.321 e. The Bertz CT molecular complexity index is 410. The van der Waals surface area contributed by atoms with Gasteiger partial charge in [0.25, 0.3) is 0 Å². The Morgan fingerprint density at radius 2 is 2.25 bits per heavy atom. The van der Waals surface area contributed by atoms with Gasteiger partial charge in [-0.2, -0.15) is 0 Å². The number of nitrogens with zero attached hydrogens (tertiary/aromatic N) is 3. The standard InChI is InChI=1S/C15H24N4O/c1-2-3-8-18-9-5-10-19(12-11-18)15(20)17-14-6-4-7-16-13-14/h4,6-7,13H,2-3,5,8-12H2,1H3,(H,17,20). The number of aromatic nitrogens is 1. The van der Waals surface area contributed by atoms with Crippen LogP contribution in [0.5, 0.6) is 0 Å². The highest BCUT2D eigenvalue weighted by atomic mass is 16.2. The molecule has 0 aromatic carbocycles. The van der Waals surface area contributed by atoms with Crippen LogP contribution in [0, 0.1) is 0 Å². The first-order valence-corrected chi connectivity index (χ1v) is 7.48. The maximum absolute atomic E-state index is 12.2. The zero-order valence-electron chi connectivity index (χ0n) is 12.2. The predicted octanol–water partition coefficient (Wildman–Crippen LogP) is 2.42. The van der Waals surface area contributed by atoms with Crippen molar-refractivity contribution < 1.29 is 4.79 Å².